The summed E-state index contributed by atoms with van der Waals surface area (Å²) in [7, 11) is 0. The predicted molar refractivity (Wildman–Crippen MR) is 97.4 cm³/mol. The Hall–Kier alpha value is -2.87. The van der Waals surface area contributed by atoms with Crippen molar-refractivity contribution < 1.29 is 27.4 Å². The second-order valence-corrected chi connectivity index (χ2v) is 7.18. The van der Waals surface area contributed by atoms with Crippen LogP contribution in [0, 0.1) is 5.21 Å². The van der Waals surface area contributed by atoms with Gasteiger partial charge in [0.1, 0.15) is 13.2 Å². The summed E-state index contributed by atoms with van der Waals surface area (Å²) in [6.07, 6.45) is -2.01. The van der Waals surface area contributed by atoms with Crippen LogP contribution < -0.4 is 14.2 Å². The van der Waals surface area contributed by atoms with Gasteiger partial charge in [0.15, 0.2) is 23.9 Å². The van der Waals surface area contributed by atoms with E-state index in [1.807, 2.05) is 0 Å². The van der Waals surface area contributed by atoms with Crippen LogP contribution in [-0.4, -0.2) is 13.2 Å². The quantitative estimate of drug-likeness (QED) is 0.458. The van der Waals surface area contributed by atoms with Gasteiger partial charge in [-0.05, 0) is 41.5 Å². The number of ether oxygens (including phenoxy) is 2. The van der Waals surface area contributed by atoms with Gasteiger partial charge < -0.3 is 14.7 Å². The third-order valence-electron chi connectivity index (χ3n) is 4.16. The maximum atomic E-state index is 13.7. The van der Waals surface area contributed by atoms with E-state index in [0.29, 0.717) is 45.5 Å². The summed E-state index contributed by atoms with van der Waals surface area (Å²) >= 11 is 1.01. The van der Waals surface area contributed by atoms with Gasteiger partial charge in [0.05, 0.1) is 5.56 Å². The smallest absolute Gasteiger partial charge is 0.417 e. The molecule has 4 nitrogen and oxygen atoms in total. The third-order valence-corrected chi connectivity index (χ3v) is 5.23. The highest BCUT2D eigenvalue weighted by molar-refractivity contribution is 7.99. The van der Waals surface area contributed by atoms with Crippen molar-refractivity contribution in [3.63, 3.8) is 0 Å². The lowest BCUT2D eigenvalue weighted by Gasteiger charge is -2.19. The lowest BCUT2D eigenvalue weighted by atomic mass is 10.0. The average molecular weight is 405 g/mol. The Morgan fingerprint density at radius 3 is 2.29 bits per heavy atom. The van der Waals surface area contributed by atoms with E-state index in [1.54, 1.807) is 24.3 Å². The van der Waals surface area contributed by atoms with Gasteiger partial charge in [-0.1, -0.05) is 17.8 Å². The number of hydrogen-bond acceptors (Lipinski definition) is 4. The summed E-state index contributed by atoms with van der Waals surface area (Å²) in [6.45, 7) is 0.856. The van der Waals surface area contributed by atoms with Crippen LogP contribution in [0.1, 0.15) is 5.56 Å². The van der Waals surface area contributed by atoms with Crippen molar-refractivity contribution in [2.24, 2.45) is 0 Å². The largest absolute Gasteiger partial charge is 0.619 e. The number of hydrogen-bond donors (Lipinski definition) is 0. The van der Waals surface area contributed by atoms with Gasteiger partial charge in [0.2, 0.25) is 0 Å². The lowest BCUT2D eigenvalue weighted by Crippen LogP contribution is -2.23. The van der Waals surface area contributed by atoms with E-state index < -0.39 is 11.7 Å². The molecule has 0 spiro atoms. The molecule has 0 saturated carbocycles. The van der Waals surface area contributed by atoms with Crippen molar-refractivity contribution in [1.82, 2.24) is 0 Å². The number of alkyl halides is 3. The lowest BCUT2D eigenvalue weighted by molar-refractivity contribution is -0.605. The Bertz CT molecular complexity index is 1010. The van der Waals surface area contributed by atoms with Crippen LogP contribution in [0.5, 0.6) is 11.5 Å². The minimum atomic E-state index is -4.51. The van der Waals surface area contributed by atoms with E-state index in [-0.39, 0.29) is 4.90 Å². The van der Waals surface area contributed by atoms with Crippen molar-refractivity contribution in [2.45, 2.75) is 16.0 Å². The molecule has 0 fully saturated rings. The van der Waals surface area contributed by atoms with Crippen LogP contribution in [0.15, 0.2) is 70.7 Å². The SMILES string of the molecule is [O-][n+]1ccc(-c2ccc(Sc3ccc4c(c3)OCCO4)c(C(F)(F)F)c2)cc1. The summed E-state index contributed by atoms with van der Waals surface area (Å²) < 4.78 is 52.5. The Morgan fingerprint density at radius 2 is 1.57 bits per heavy atom. The minimum absolute atomic E-state index is 0.0859. The number of nitrogens with zero attached hydrogens (tertiary/aromatic N) is 1. The highest BCUT2D eigenvalue weighted by Gasteiger charge is 2.34. The molecule has 0 N–H and O–H groups in total. The molecule has 0 bridgehead atoms. The average Bonchev–Trinajstić information content (AvgIpc) is 2.68. The van der Waals surface area contributed by atoms with E-state index in [4.69, 9.17) is 9.47 Å². The molecule has 0 radical (unpaired) electrons. The first kappa shape index (κ1) is 18.5. The number of pyridine rings is 1. The molecule has 28 heavy (non-hydrogen) atoms. The zero-order valence-electron chi connectivity index (χ0n) is 14.4. The van der Waals surface area contributed by atoms with E-state index in [1.165, 1.54) is 30.6 Å². The Balaban J connectivity index is 1.69. The summed E-state index contributed by atoms with van der Waals surface area (Å²) in [6, 6.07) is 12.2. The molecule has 144 valence electrons. The van der Waals surface area contributed by atoms with E-state index in [9.17, 15) is 18.4 Å². The molecule has 0 saturated heterocycles. The zero-order chi connectivity index (χ0) is 19.7. The molecule has 2 heterocycles. The zero-order valence-corrected chi connectivity index (χ0v) is 15.2. The number of aromatic nitrogens is 1. The number of fused-ring (bicyclic) bond motifs is 1. The van der Waals surface area contributed by atoms with Crippen LogP contribution in [0.4, 0.5) is 13.2 Å². The number of rotatable bonds is 3. The van der Waals surface area contributed by atoms with Crippen molar-refractivity contribution >= 4 is 11.8 Å². The van der Waals surface area contributed by atoms with Gasteiger partial charge in [-0.2, -0.15) is 17.9 Å². The second-order valence-electron chi connectivity index (χ2n) is 6.06. The maximum absolute atomic E-state index is 13.7. The van der Waals surface area contributed by atoms with E-state index in [2.05, 4.69) is 0 Å². The fraction of sp³-hybridized carbons (Fsp3) is 0.150. The molecule has 0 amide bonds. The topological polar surface area (TPSA) is 45.4 Å². The first-order valence-corrected chi connectivity index (χ1v) is 9.20. The summed E-state index contributed by atoms with van der Waals surface area (Å²) in [5.41, 5.74) is 0.191. The Kier molecular flexibility index (Phi) is 4.80. The fourth-order valence-corrected chi connectivity index (χ4v) is 3.82. The second kappa shape index (κ2) is 7.27. The first-order valence-electron chi connectivity index (χ1n) is 8.38. The van der Waals surface area contributed by atoms with Crippen molar-refractivity contribution in [3.05, 3.63) is 71.7 Å². The molecular formula is C20H14F3NO3S. The molecule has 0 aliphatic carbocycles. The summed E-state index contributed by atoms with van der Waals surface area (Å²) in [4.78, 5) is 0.706. The van der Waals surface area contributed by atoms with Crippen LogP contribution >= 0.6 is 11.8 Å². The molecular weight excluding hydrogens is 391 g/mol. The normalized spacial score (nSPS) is 13.4. The van der Waals surface area contributed by atoms with Crippen LogP contribution in [-0.2, 0) is 6.18 Å². The molecule has 1 aliphatic heterocycles. The van der Waals surface area contributed by atoms with Gasteiger partial charge in [0.25, 0.3) is 0 Å². The van der Waals surface area contributed by atoms with Gasteiger partial charge in [-0.25, -0.2) is 0 Å². The highest BCUT2D eigenvalue weighted by atomic mass is 32.2. The van der Waals surface area contributed by atoms with Gasteiger partial charge in [-0.3, -0.25) is 0 Å². The van der Waals surface area contributed by atoms with Gasteiger partial charge in [-0.15, -0.1) is 0 Å². The molecule has 0 atom stereocenters. The summed E-state index contributed by atoms with van der Waals surface area (Å²) in [5, 5.41) is 11.2. The molecule has 1 aliphatic rings. The third kappa shape index (κ3) is 3.87. The molecule has 2 aromatic carbocycles. The van der Waals surface area contributed by atoms with Crippen LogP contribution in [0.2, 0.25) is 0 Å². The fourth-order valence-electron chi connectivity index (χ4n) is 2.84. The minimum Gasteiger partial charge on any atom is -0.619 e. The van der Waals surface area contributed by atoms with Crippen molar-refractivity contribution in [3.8, 4) is 22.6 Å². The molecule has 0 unspecified atom stereocenters. The van der Waals surface area contributed by atoms with Crippen LogP contribution in [0.25, 0.3) is 11.1 Å². The van der Waals surface area contributed by atoms with Crippen LogP contribution in [0.3, 0.4) is 0 Å². The molecule has 8 heteroatoms. The monoisotopic (exact) mass is 405 g/mol. The molecule has 1 aromatic heterocycles. The Labute approximate surface area is 163 Å². The highest BCUT2D eigenvalue weighted by Crippen LogP contribution is 2.43. The van der Waals surface area contributed by atoms with Crippen molar-refractivity contribution in [2.75, 3.05) is 13.2 Å². The number of benzene rings is 2. The van der Waals surface area contributed by atoms with Crippen molar-refractivity contribution in [1.29, 1.82) is 0 Å². The summed E-state index contributed by atoms with van der Waals surface area (Å²) in [5.74, 6) is 1.11. The molecule has 3 aromatic rings. The predicted octanol–water partition coefficient (Wildman–Crippen LogP) is 4.93. The standard InChI is InChI=1S/C20H14F3NO3S/c21-20(22,23)16-11-14(13-5-7-24(25)8-6-13)1-4-19(16)28-15-2-3-17-18(12-15)27-10-9-26-17/h1-8,11-12H,9-10H2. The van der Waals surface area contributed by atoms with E-state index >= 15 is 0 Å². The number of halogens is 3. The first-order chi connectivity index (χ1) is 13.4. The van der Waals surface area contributed by atoms with Gasteiger partial charge in [0, 0.05) is 21.9 Å². The molecule has 4 rings (SSSR count). The van der Waals surface area contributed by atoms with E-state index in [0.717, 1.165) is 17.8 Å². The van der Waals surface area contributed by atoms with Gasteiger partial charge >= 0.3 is 6.18 Å². The Morgan fingerprint density at radius 1 is 0.857 bits per heavy atom. The maximum Gasteiger partial charge on any atom is 0.417 e.